The van der Waals surface area contributed by atoms with Crippen LogP contribution in [-0.4, -0.2) is 37.2 Å². The Morgan fingerprint density at radius 2 is 0.588 bits per heavy atom. The van der Waals surface area contributed by atoms with Crippen molar-refractivity contribution in [3.8, 4) is 0 Å². The lowest BCUT2D eigenvalue weighted by molar-refractivity contribution is -0.167. The SMILES string of the molecule is CC/C=C/C/C=C/C/C=C/C/C=C/C/C=C/CCCCCC(=O)OC[C@@H](COC(=O)CCCCCCC/C=C/CCCCCCC)OC(=O)CCC/C=C/C/C=C/C/C=C/C/C=C/CCCCC. The monoisotopic (exact) mass is 941 g/mol. The number of unbranched alkanes of at least 4 members (excludes halogenated alkanes) is 17. The molecule has 0 amide bonds. The molecule has 0 bridgehead atoms. The molecule has 384 valence electrons. The number of esters is 3. The first-order chi connectivity index (χ1) is 33.5. The Kier molecular flexibility index (Phi) is 52.0. The molecule has 1 atom stereocenters. The van der Waals surface area contributed by atoms with E-state index in [1.807, 2.05) is 0 Å². The van der Waals surface area contributed by atoms with E-state index in [2.05, 4.69) is 142 Å². The van der Waals surface area contributed by atoms with Crippen LogP contribution in [0.5, 0.6) is 0 Å². The van der Waals surface area contributed by atoms with Gasteiger partial charge in [0.1, 0.15) is 13.2 Å². The van der Waals surface area contributed by atoms with Crippen LogP contribution in [0.3, 0.4) is 0 Å². The summed E-state index contributed by atoms with van der Waals surface area (Å²) in [4.78, 5) is 38.1. The minimum absolute atomic E-state index is 0.118. The van der Waals surface area contributed by atoms with E-state index in [9.17, 15) is 14.4 Å². The summed E-state index contributed by atoms with van der Waals surface area (Å²) in [5.41, 5.74) is 0. The molecule has 0 spiro atoms. The molecule has 0 aromatic heterocycles. The van der Waals surface area contributed by atoms with Gasteiger partial charge in [0, 0.05) is 19.3 Å². The van der Waals surface area contributed by atoms with Crippen LogP contribution in [0.15, 0.2) is 122 Å². The second-order valence-corrected chi connectivity index (χ2v) is 17.7. The number of carbonyl (C=O) groups excluding carboxylic acids is 3. The summed E-state index contributed by atoms with van der Waals surface area (Å²) in [6, 6.07) is 0. The van der Waals surface area contributed by atoms with Gasteiger partial charge < -0.3 is 14.2 Å². The van der Waals surface area contributed by atoms with Crippen molar-refractivity contribution in [2.75, 3.05) is 13.2 Å². The largest absolute Gasteiger partial charge is 0.462 e. The van der Waals surface area contributed by atoms with Crippen LogP contribution in [0.1, 0.15) is 233 Å². The summed E-state index contributed by atoms with van der Waals surface area (Å²) in [7, 11) is 0. The Bertz CT molecular complexity index is 1450. The molecule has 0 radical (unpaired) electrons. The molecular formula is C62H100O6. The van der Waals surface area contributed by atoms with Crippen molar-refractivity contribution in [3.63, 3.8) is 0 Å². The molecule has 0 aliphatic carbocycles. The number of ether oxygens (including phenoxy) is 3. The molecule has 68 heavy (non-hydrogen) atoms. The summed E-state index contributed by atoms with van der Waals surface area (Å²) in [6.45, 7) is 6.39. The first-order valence-corrected chi connectivity index (χ1v) is 27.5. The fraction of sp³-hybridized carbons (Fsp3) is 0.629. The van der Waals surface area contributed by atoms with Crippen LogP contribution >= 0.6 is 0 Å². The predicted molar refractivity (Wildman–Crippen MR) is 293 cm³/mol. The third-order valence-electron chi connectivity index (χ3n) is 11.2. The fourth-order valence-electron chi connectivity index (χ4n) is 7.04. The maximum absolute atomic E-state index is 12.8. The van der Waals surface area contributed by atoms with Crippen molar-refractivity contribution < 1.29 is 28.6 Å². The van der Waals surface area contributed by atoms with Crippen molar-refractivity contribution in [2.24, 2.45) is 0 Å². The predicted octanol–water partition coefficient (Wildman–Crippen LogP) is 18.5. The van der Waals surface area contributed by atoms with E-state index in [-0.39, 0.29) is 37.5 Å². The second-order valence-electron chi connectivity index (χ2n) is 17.7. The van der Waals surface area contributed by atoms with Crippen molar-refractivity contribution in [1.82, 2.24) is 0 Å². The Morgan fingerprint density at radius 3 is 1.00 bits per heavy atom. The lowest BCUT2D eigenvalue weighted by Crippen LogP contribution is -2.30. The van der Waals surface area contributed by atoms with Crippen molar-refractivity contribution in [1.29, 1.82) is 0 Å². The first-order valence-electron chi connectivity index (χ1n) is 27.5. The van der Waals surface area contributed by atoms with E-state index in [0.29, 0.717) is 19.3 Å². The maximum atomic E-state index is 12.8. The molecule has 6 nitrogen and oxygen atoms in total. The summed E-state index contributed by atoms with van der Waals surface area (Å²) >= 11 is 0. The number of hydrogen-bond donors (Lipinski definition) is 0. The Labute approximate surface area is 418 Å². The van der Waals surface area contributed by atoms with Gasteiger partial charge in [-0.05, 0) is 128 Å². The zero-order valence-electron chi connectivity index (χ0n) is 43.8. The highest BCUT2D eigenvalue weighted by atomic mass is 16.6. The van der Waals surface area contributed by atoms with Gasteiger partial charge in [-0.15, -0.1) is 0 Å². The molecular weight excluding hydrogens is 841 g/mol. The van der Waals surface area contributed by atoms with Gasteiger partial charge in [-0.3, -0.25) is 14.4 Å². The molecule has 0 saturated carbocycles. The number of allylic oxidation sites excluding steroid dienone is 20. The Morgan fingerprint density at radius 1 is 0.309 bits per heavy atom. The van der Waals surface area contributed by atoms with Crippen molar-refractivity contribution >= 4 is 17.9 Å². The minimum atomic E-state index is -0.827. The lowest BCUT2D eigenvalue weighted by Gasteiger charge is -2.18. The van der Waals surface area contributed by atoms with Gasteiger partial charge in [0.05, 0.1) is 0 Å². The first kappa shape index (κ1) is 63.8. The molecule has 0 fully saturated rings. The van der Waals surface area contributed by atoms with Crippen molar-refractivity contribution in [2.45, 2.75) is 239 Å². The number of rotatable bonds is 48. The summed E-state index contributed by atoms with van der Waals surface area (Å²) in [5, 5.41) is 0. The molecule has 0 unspecified atom stereocenters. The van der Waals surface area contributed by atoms with Gasteiger partial charge >= 0.3 is 17.9 Å². The highest BCUT2D eigenvalue weighted by molar-refractivity contribution is 5.71. The van der Waals surface area contributed by atoms with Gasteiger partial charge in [0.2, 0.25) is 0 Å². The van der Waals surface area contributed by atoms with Gasteiger partial charge in [-0.25, -0.2) is 0 Å². The van der Waals surface area contributed by atoms with Crippen LogP contribution in [-0.2, 0) is 28.6 Å². The number of hydrogen-bond acceptors (Lipinski definition) is 6. The van der Waals surface area contributed by atoms with Gasteiger partial charge in [0.25, 0.3) is 0 Å². The van der Waals surface area contributed by atoms with Gasteiger partial charge in [0.15, 0.2) is 6.10 Å². The molecule has 0 aliphatic rings. The van der Waals surface area contributed by atoms with E-state index in [1.54, 1.807) is 0 Å². The molecule has 0 N–H and O–H groups in total. The standard InChI is InChI=1S/C62H100O6/c1-4-7-10-13-16-19-22-25-28-30-31-33-34-37-40-43-46-49-52-55-61(64)67-58-59(57-66-60(63)54-51-48-45-42-39-36-27-24-21-18-15-12-9-6-3)68-62(65)56-53-50-47-44-41-38-35-32-29-26-23-20-17-14-11-8-5-2/h7,10,16-17,19-20,24-29,31,33,35,37-38,40,44,47,59H,4-6,8-9,11-15,18,21-23,30,32,34,36,39,41-43,45-46,48-58H2,1-3H3/b10-7+,19-16+,20-17+,27-24+,28-25+,29-26+,33-31+,38-35+,40-37+,47-44+/t59-/m1/s1. The zero-order chi connectivity index (χ0) is 49.3. The highest BCUT2D eigenvalue weighted by Gasteiger charge is 2.19. The van der Waals surface area contributed by atoms with E-state index in [4.69, 9.17) is 14.2 Å². The van der Waals surface area contributed by atoms with Crippen LogP contribution in [0, 0.1) is 0 Å². The van der Waals surface area contributed by atoms with Crippen LogP contribution < -0.4 is 0 Å². The Balaban J connectivity index is 4.57. The van der Waals surface area contributed by atoms with Crippen LogP contribution in [0.25, 0.3) is 0 Å². The average Bonchev–Trinajstić information content (AvgIpc) is 3.34. The molecule has 0 aromatic rings. The van der Waals surface area contributed by atoms with E-state index in [0.717, 1.165) is 116 Å². The lowest BCUT2D eigenvalue weighted by atomic mass is 10.1. The molecule has 6 heteroatoms. The minimum Gasteiger partial charge on any atom is -0.462 e. The smallest absolute Gasteiger partial charge is 0.306 e. The summed E-state index contributed by atoms with van der Waals surface area (Å²) in [5.74, 6) is -1.02. The van der Waals surface area contributed by atoms with Gasteiger partial charge in [-0.1, -0.05) is 206 Å². The van der Waals surface area contributed by atoms with E-state index in [1.165, 1.54) is 70.6 Å². The molecule has 0 aromatic carbocycles. The normalized spacial score (nSPS) is 13.0. The van der Waals surface area contributed by atoms with Crippen molar-refractivity contribution in [3.05, 3.63) is 122 Å². The average molecular weight is 941 g/mol. The van der Waals surface area contributed by atoms with Crippen LogP contribution in [0.2, 0.25) is 0 Å². The quantitative estimate of drug-likeness (QED) is 0.0262. The maximum Gasteiger partial charge on any atom is 0.306 e. The van der Waals surface area contributed by atoms with E-state index < -0.39 is 6.10 Å². The molecule has 0 aliphatic heterocycles. The topological polar surface area (TPSA) is 78.9 Å². The highest BCUT2D eigenvalue weighted by Crippen LogP contribution is 2.12. The molecule has 0 saturated heterocycles. The second kappa shape index (κ2) is 55.4. The zero-order valence-corrected chi connectivity index (χ0v) is 43.8. The van der Waals surface area contributed by atoms with Crippen LogP contribution in [0.4, 0.5) is 0 Å². The third kappa shape index (κ3) is 52.8. The Hall–Kier alpha value is -4.19. The summed E-state index contributed by atoms with van der Waals surface area (Å²) in [6.07, 6.45) is 76.1. The third-order valence-corrected chi connectivity index (χ3v) is 11.2. The van der Waals surface area contributed by atoms with Gasteiger partial charge in [-0.2, -0.15) is 0 Å². The molecule has 0 heterocycles. The fourth-order valence-corrected chi connectivity index (χ4v) is 7.04. The number of carbonyl (C=O) groups is 3. The summed E-state index contributed by atoms with van der Waals surface area (Å²) < 4.78 is 16.8. The van der Waals surface area contributed by atoms with E-state index >= 15 is 0 Å². The molecule has 0 rings (SSSR count).